The summed E-state index contributed by atoms with van der Waals surface area (Å²) in [6, 6.07) is 0. The van der Waals surface area contributed by atoms with Gasteiger partial charge in [-0.25, -0.2) is 0 Å². The van der Waals surface area contributed by atoms with E-state index in [9.17, 15) is 0 Å². The maximum Gasteiger partial charge on any atom is -0.00177 e. The molecular weight excluding hydrogens is 230 g/mol. The molecule has 0 atom stereocenters. The topological polar surface area (TPSA) is 26.0 Å². The van der Waals surface area contributed by atoms with Gasteiger partial charge in [0.2, 0.25) is 0 Å². The van der Waals surface area contributed by atoms with Gasteiger partial charge in [0, 0.05) is 0 Å². The summed E-state index contributed by atoms with van der Waals surface area (Å²) in [7, 11) is 0. The molecule has 5 aliphatic carbocycles. The lowest BCUT2D eigenvalue weighted by Crippen LogP contribution is -2.54. The molecule has 0 aromatic carbocycles. The van der Waals surface area contributed by atoms with Crippen molar-refractivity contribution in [3.8, 4) is 0 Å². The lowest BCUT2D eigenvalue weighted by molar-refractivity contribution is -0.108. The molecule has 19 heavy (non-hydrogen) atoms. The van der Waals surface area contributed by atoms with E-state index in [0.717, 1.165) is 42.1 Å². The molecule has 0 spiro atoms. The van der Waals surface area contributed by atoms with Gasteiger partial charge in [0.15, 0.2) is 0 Å². The average Bonchev–Trinajstić information content (AvgIpc) is 2.40. The van der Waals surface area contributed by atoms with Crippen LogP contribution >= 0.6 is 0 Å². The second-order valence-corrected chi connectivity index (χ2v) is 8.71. The third-order valence-corrected chi connectivity index (χ3v) is 7.61. The van der Waals surface area contributed by atoms with Crippen LogP contribution in [0.2, 0.25) is 0 Å². The first kappa shape index (κ1) is 12.7. The monoisotopic (exact) mass is 261 g/mol. The highest BCUT2D eigenvalue weighted by molar-refractivity contribution is 5.05. The summed E-state index contributed by atoms with van der Waals surface area (Å²) in [5.74, 6) is 6.31. The number of hydrogen-bond acceptors (Lipinski definition) is 1. The van der Waals surface area contributed by atoms with Crippen molar-refractivity contribution in [1.29, 1.82) is 0 Å². The zero-order valence-electron chi connectivity index (χ0n) is 12.6. The Hall–Kier alpha value is -0.0400. The van der Waals surface area contributed by atoms with Crippen molar-refractivity contribution in [2.24, 2.45) is 46.7 Å². The predicted molar refractivity (Wildman–Crippen MR) is 79.7 cm³/mol. The first-order valence-corrected chi connectivity index (χ1v) is 8.90. The SMILES string of the molecule is CC1CCC(CN)(C2C3CC4CC(C3)CC2C4)CC1. The van der Waals surface area contributed by atoms with Crippen LogP contribution in [0.15, 0.2) is 0 Å². The van der Waals surface area contributed by atoms with Crippen molar-refractivity contribution in [2.75, 3.05) is 6.54 Å². The number of nitrogens with two attached hydrogens (primary N) is 1. The fourth-order valence-electron chi connectivity index (χ4n) is 6.94. The third-order valence-electron chi connectivity index (χ3n) is 7.61. The van der Waals surface area contributed by atoms with E-state index >= 15 is 0 Å². The highest BCUT2D eigenvalue weighted by atomic mass is 14.7. The lowest BCUT2D eigenvalue weighted by Gasteiger charge is -2.61. The van der Waals surface area contributed by atoms with Gasteiger partial charge in [-0.15, -0.1) is 0 Å². The van der Waals surface area contributed by atoms with Gasteiger partial charge in [-0.05, 0) is 92.4 Å². The van der Waals surface area contributed by atoms with E-state index in [1.165, 1.54) is 25.7 Å². The molecule has 1 heteroatoms. The molecule has 1 nitrogen and oxygen atoms in total. The van der Waals surface area contributed by atoms with Gasteiger partial charge in [0.1, 0.15) is 0 Å². The van der Waals surface area contributed by atoms with Gasteiger partial charge in [-0.3, -0.25) is 0 Å². The van der Waals surface area contributed by atoms with Gasteiger partial charge in [-0.2, -0.15) is 0 Å². The maximum atomic E-state index is 6.36. The second-order valence-electron chi connectivity index (χ2n) is 8.71. The van der Waals surface area contributed by atoms with Crippen LogP contribution in [0.4, 0.5) is 0 Å². The summed E-state index contributed by atoms with van der Waals surface area (Å²) >= 11 is 0. The average molecular weight is 261 g/mol. The molecule has 108 valence electrons. The molecule has 0 aromatic heterocycles. The maximum absolute atomic E-state index is 6.36. The molecule has 0 radical (unpaired) electrons. The minimum atomic E-state index is 0.551. The van der Waals surface area contributed by atoms with E-state index in [2.05, 4.69) is 6.92 Å². The quantitative estimate of drug-likeness (QED) is 0.791. The molecule has 5 saturated carbocycles. The molecular formula is C18H31N. The summed E-state index contributed by atoms with van der Waals surface area (Å²) in [6.45, 7) is 3.42. The molecule has 0 amide bonds. The van der Waals surface area contributed by atoms with Gasteiger partial charge in [-0.1, -0.05) is 19.8 Å². The van der Waals surface area contributed by atoms with Crippen molar-refractivity contribution in [2.45, 2.75) is 64.7 Å². The Kier molecular flexibility index (Phi) is 2.99. The predicted octanol–water partition coefficient (Wildman–Crippen LogP) is 4.21. The van der Waals surface area contributed by atoms with E-state index in [-0.39, 0.29) is 0 Å². The van der Waals surface area contributed by atoms with Crippen molar-refractivity contribution < 1.29 is 0 Å². The second kappa shape index (κ2) is 4.48. The molecule has 0 saturated heterocycles. The van der Waals surface area contributed by atoms with Crippen molar-refractivity contribution in [3.05, 3.63) is 0 Å². The number of rotatable bonds is 2. The normalized spacial score (nSPS) is 56.5. The van der Waals surface area contributed by atoms with Crippen molar-refractivity contribution >= 4 is 0 Å². The first-order valence-electron chi connectivity index (χ1n) is 8.90. The molecule has 5 fully saturated rings. The van der Waals surface area contributed by atoms with E-state index in [1.807, 2.05) is 0 Å². The van der Waals surface area contributed by atoms with Crippen LogP contribution in [-0.4, -0.2) is 6.54 Å². The van der Waals surface area contributed by atoms with Gasteiger partial charge in [0.25, 0.3) is 0 Å². The van der Waals surface area contributed by atoms with E-state index in [0.29, 0.717) is 5.41 Å². The number of hydrogen-bond donors (Lipinski definition) is 1. The Morgan fingerprint density at radius 2 is 1.42 bits per heavy atom. The Morgan fingerprint density at radius 3 is 1.89 bits per heavy atom. The molecule has 5 aliphatic rings. The zero-order valence-corrected chi connectivity index (χ0v) is 12.6. The molecule has 0 unspecified atom stereocenters. The smallest absolute Gasteiger partial charge is 0.00177 e. The van der Waals surface area contributed by atoms with Crippen molar-refractivity contribution in [3.63, 3.8) is 0 Å². The summed E-state index contributed by atoms with van der Waals surface area (Å²) in [6.07, 6.45) is 13.6. The Balaban J connectivity index is 1.60. The molecule has 0 aromatic rings. The molecule has 5 rings (SSSR count). The van der Waals surface area contributed by atoms with Crippen LogP contribution < -0.4 is 5.73 Å². The molecule has 2 N–H and O–H groups in total. The summed E-state index contributed by atoms with van der Waals surface area (Å²) in [5, 5.41) is 0. The standard InChI is InChI=1S/C18H31N/c1-12-2-4-18(11-19,5-3-12)17-15-7-13-6-14(9-15)10-16(17)8-13/h12-17H,2-11,19H2,1H3. The van der Waals surface area contributed by atoms with Gasteiger partial charge < -0.3 is 5.73 Å². The van der Waals surface area contributed by atoms with Crippen LogP contribution in [0.1, 0.15) is 64.7 Å². The van der Waals surface area contributed by atoms with Crippen LogP contribution in [0.5, 0.6) is 0 Å². The van der Waals surface area contributed by atoms with Crippen LogP contribution in [0, 0.1) is 40.9 Å². The van der Waals surface area contributed by atoms with Crippen LogP contribution in [0.25, 0.3) is 0 Å². The Morgan fingerprint density at radius 1 is 0.895 bits per heavy atom. The van der Waals surface area contributed by atoms with Crippen molar-refractivity contribution in [1.82, 2.24) is 0 Å². The first-order chi connectivity index (χ1) is 9.20. The van der Waals surface area contributed by atoms with E-state index < -0.39 is 0 Å². The van der Waals surface area contributed by atoms with Gasteiger partial charge >= 0.3 is 0 Å². The largest absolute Gasteiger partial charge is 0.330 e. The minimum absolute atomic E-state index is 0.551. The Bertz CT molecular complexity index is 312. The molecule has 4 bridgehead atoms. The summed E-state index contributed by atoms with van der Waals surface area (Å²) in [5.41, 5.74) is 6.91. The minimum Gasteiger partial charge on any atom is -0.330 e. The fraction of sp³-hybridized carbons (Fsp3) is 1.00. The molecule has 0 aliphatic heterocycles. The van der Waals surface area contributed by atoms with E-state index in [4.69, 9.17) is 5.73 Å². The summed E-state index contributed by atoms with van der Waals surface area (Å²) < 4.78 is 0. The van der Waals surface area contributed by atoms with Gasteiger partial charge in [0.05, 0.1) is 0 Å². The fourth-order valence-corrected chi connectivity index (χ4v) is 6.94. The van der Waals surface area contributed by atoms with E-state index in [1.54, 1.807) is 32.1 Å². The van der Waals surface area contributed by atoms with Crippen LogP contribution in [-0.2, 0) is 0 Å². The zero-order chi connectivity index (χ0) is 13.0. The highest BCUT2D eigenvalue weighted by Gasteiger charge is 2.55. The lowest BCUT2D eigenvalue weighted by atomic mass is 9.44. The molecule has 0 heterocycles. The highest BCUT2D eigenvalue weighted by Crippen LogP contribution is 2.63. The third kappa shape index (κ3) is 1.91. The Labute approximate surface area is 118 Å². The summed E-state index contributed by atoms with van der Waals surface area (Å²) in [4.78, 5) is 0. The van der Waals surface area contributed by atoms with Crippen LogP contribution in [0.3, 0.4) is 0 Å².